The van der Waals surface area contributed by atoms with Gasteiger partial charge in [-0.25, -0.2) is 0 Å². The minimum Gasteiger partial charge on any atom is -0.412 e. The number of hydrogen-bond acceptors (Lipinski definition) is 3. The molecule has 1 aromatic carbocycles. The van der Waals surface area contributed by atoms with Crippen LogP contribution in [0.1, 0.15) is 11.1 Å². The number of thiol groups is 1. The molecular weight excluding hydrogens is 218 g/mol. The molecule has 0 unspecified atom stereocenters. The largest absolute Gasteiger partial charge is 0.412 e. The molecule has 13 heavy (non-hydrogen) atoms. The summed E-state index contributed by atoms with van der Waals surface area (Å²) >= 11 is 13.6. The van der Waals surface area contributed by atoms with Gasteiger partial charge in [-0.3, -0.25) is 0 Å². The summed E-state index contributed by atoms with van der Waals surface area (Å²) in [4.78, 5) is 0. The van der Waals surface area contributed by atoms with Crippen molar-refractivity contribution in [3.63, 3.8) is 0 Å². The summed E-state index contributed by atoms with van der Waals surface area (Å²) in [5.74, 6) is 0.771. The quantitative estimate of drug-likeness (QED) is 0.467. The highest BCUT2D eigenvalue weighted by Gasteiger charge is 1.91. The van der Waals surface area contributed by atoms with Crippen LogP contribution in [-0.4, -0.2) is 4.32 Å². The zero-order valence-corrected chi connectivity index (χ0v) is 9.51. The highest BCUT2D eigenvalue weighted by Crippen LogP contribution is 2.06. The topological polar surface area (TPSA) is 12.0 Å². The van der Waals surface area contributed by atoms with Crippen molar-refractivity contribution >= 4 is 41.8 Å². The lowest BCUT2D eigenvalue weighted by molar-refractivity contribution is 0.939. The summed E-state index contributed by atoms with van der Waals surface area (Å²) in [6, 6.07) is 8.20. The monoisotopic (exact) mass is 228 g/mol. The number of nitrogens with one attached hydrogen (secondary N) is 1. The van der Waals surface area contributed by atoms with Crippen LogP contribution in [-0.2, 0) is 24.9 Å². The molecule has 0 fully saturated rings. The van der Waals surface area contributed by atoms with Crippen molar-refractivity contribution in [1.82, 2.24) is 5.32 Å². The molecule has 0 saturated carbocycles. The Bertz CT molecular complexity index is 281. The Hall–Kier alpha value is -0.320. The lowest BCUT2D eigenvalue weighted by Crippen LogP contribution is -2.17. The van der Waals surface area contributed by atoms with E-state index in [4.69, 9.17) is 24.8 Å². The lowest BCUT2D eigenvalue weighted by atomic mass is 10.1. The molecule has 1 nitrogen and oxygen atoms in total. The summed E-state index contributed by atoms with van der Waals surface area (Å²) in [6.45, 7) is 0.704. The van der Waals surface area contributed by atoms with Crippen molar-refractivity contribution < 1.29 is 0 Å². The molecule has 0 radical (unpaired) electrons. The smallest absolute Gasteiger partial charge is 0.0385 e. The molecule has 0 aromatic heterocycles. The van der Waals surface area contributed by atoms with Gasteiger partial charge in [0.1, 0.15) is 0 Å². The van der Waals surface area contributed by atoms with Crippen LogP contribution in [0.15, 0.2) is 24.3 Å². The second-order valence-corrected chi connectivity index (χ2v) is 4.01. The minimum absolute atomic E-state index is 0.415. The van der Waals surface area contributed by atoms with Gasteiger partial charge in [0, 0.05) is 12.3 Å². The molecule has 0 saturated heterocycles. The van der Waals surface area contributed by atoms with Gasteiger partial charge in [-0.1, -0.05) is 28.6 Å². The Labute approximate surface area is 94.7 Å². The Balaban J connectivity index is 2.54. The molecule has 1 aromatic rings. The molecule has 0 amide bonds. The van der Waals surface area contributed by atoms with E-state index in [-0.39, 0.29) is 0 Å². The molecule has 0 atom stereocenters. The summed E-state index contributed by atoms with van der Waals surface area (Å²) < 4.78 is 0.415. The van der Waals surface area contributed by atoms with E-state index in [2.05, 4.69) is 30.1 Å². The molecule has 1 N–H and O–H groups in total. The molecule has 4 heteroatoms. The van der Waals surface area contributed by atoms with Gasteiger partial charge in [-0.15, -0.1) is 0 Å². The molecule has 0 aliphatic heterocycles. The van der Waals surface area contributed by atoms with Gasteiger partial charge in [-0.2, -0.15) is 12.6 Å². The molecule has 0 bridgehead atoms. The first-order valence-corrected chi connectivity index (χ1v) is 5.31. The third kappa shape index (κ3) is 3.93. The van der Waals surface area contributed by atoms with Crippen LogP contribution in [0.25, 0.3) is 0 Å². The summed E-state index contributed by atoms with van der Waals surface area (Å²) in [5.41, 5.74) is 2.39. The van der Waals surface area contributed by atoms with Gasteiger partial charge < -0.3 is 30.2 Å². The third-order valence-corrected chi connectivity index (χ3v) is 2.30. The summed E-state index contributed by atoms with van der Waals surface area (Å²) in [6.07, 6.45) is 0. The van der Waals surface area contributed by atoms with E-state index in [1.807, 2.05) is 12.1 Å². The normalized spacial score (nSPS) is 9.62. The number of rotatable bonds is 3. The van der Waals surface area contributed by atoms with E-state index in [1.54, 1.807) is 0 Å². The van der Waals surface area contributed by atoms with E-state index in [0.717, 1.165) is 5.75 Å². The van der Waals surface area contributed by atoms with Crippen molar-refractivity contribution in [2.45, 2.75) is 12.3 Å². The van der Waals surface area contributed by atoms with Gasteiger partial charge in [0.25, 0.3) is 0 Å². The fourth-order valence-electron chi connectivity index (χ4n) is 0.937. The van der Waals surface area contributed by atoms with Gasteiger partial charge in [0.05, 0.1) is 0 Å². The first kappa shape index (κ1) is 10.8. The van der Waals surface area contributed by atoms with E-state index in [0.29, 0.717) is 10.9 Å². The van der Waals surface area contributed by atoms with Crippen LogP contribution in [0, 0.1) is 0 Å². The number of benzene rings is 1. The molecule has 0 aliphatic rings. The second kappa shape index (κ2) is 5.42. The van der Waals surface area contributed by atoms with E-state index in [9.17, 15) is 0 Å². The Morgan fingerprint density at radius 2 is 1.85 bits per heavy atom. The summed E-state index contributed by atoms with van der Waals surface area (Å²) in [7, 11) is 0. The first-order valence-electron chi connectivity index (χ1n) is 3.86. The average Bonchev–Trinajstić information content (AvgIpc) is 2.15. The maximum atomic E-state index is 4.73. The van der Waals surface area contributed by atoms with Crippen molar-refractivity contribution in [3.05, 3.63) is 35.4 Å². The second-order valence-electron chi connectivity index (χ2n) is 2.62. The number of thiocarbonyl (C=S) groups is 1. The SMILES string of the molecule is S=C([S-])NCc1ccc(CS)cc1. The van der Waals surface area contributed by atoms with Crippen LogP contribution in [0.5, 0.6) is 0 Å². The Morgan fingerprint density at radius 1 is 1.31 bits per heavy atom. The Morgan fingerprint density at radius 3 is 2.31 bits per heavy atom. The van der Waals surface area contributed by atoms with Crippen LogP contribution in [0.2, 0.25) is 0 Å². The van der Waals surface area contributed by atoms with Gasteiger partial charge in [0.2, 0.25) is 0 Å². The molecule has 70 valence electrons. The number of hydrogen-bond donors (Lipinski definition) is 2. The Kier molecular flexibility index (Phi) is 4.48. The minimum atomic E-state index is 0.415. The first-order chi connectivity index (χ1) is 6.22. The molecule has 0 aliphatic carbocycles. The highest BCUT2D eigenvalue weighted by molar-refractivity contribution is 8.00. The van der Waals surface area contributed by atoms with Crippen molar-refractivity contribution in [3.8, 4) is 0 Å². The summed E-state index contributed by atoms with van der Waals surface area (Å²) in [5, 5.41) is 2.93. The third-order valence-electron chi connectivity index (χ3n) is 1.64. The van der Waals surface area contributed by atoms with Crippen LogP contribution in [0.4, 0.5) is 0 Å². The zero-order chi connectivity index (χ0) is 9.68. The van der Waals surface area contributed by atoms with Crippen LogP contribution in [0.3, 0.4) is 0 Å². The van der Waals surface area contributed by atoms with Gasteiger partial charge >= 0.3 is 0 Å². The predicted octanol–water partition coefficient (Wildman–Crippen LogP) is 2.04. The average molecular weight is 228 g/mol. The molecule has 1 rings (SSSR count). The lowest BCUT2D eigenvalue weighted by Gasteiger charge is -2.09. The maximum Gasteiger partial charge on any atom is 0.0385 e. The van der Waals surface area contributed by atoms with Crippen molar-refractivity contribution in [1.29, 1.82) is 0 Å². The van der Waals surface area contributed by atoms with E-state index in [1.165, 1.54) is 11.1 Å². The van der Waals surface area contributed by atoms with Gasteiger partial charge in [-0.05, 0) is 11.1 Å². The zero-order valence-electron chi connectivity index (χ0n) is 6.99. The predicted molar refractivity (Wildman–Crippen MR) is 65.9 cm³/mol. The van der Waals surface area contributed by atoms with Crippen LogP contribution < -0.4 is 5.32 Å². The van der Waals surface area contributed by atoms with Crippen LogP contribution >= 0.6 is 24.8 Å². The standard InChI is InChI=1S/C9H11NS3/c11-6-8-3-1-7(2-4-8)5-10-9(12)13/h1-4,11H,5-6H2,(H2,10,12,13)/p-1. The van der Waals surface area contributed by atoms with E-state index < -0.39 is 0 Å². The van der Waals surface area contributed by atoms with Gasteiger partial charge in [0.15, 0.2) is 0 Å². The fraction of sp³-hybridized carbons (Fsp3) is 0.222. The maximum absolute atomic E-state index is 4.73. The van der Waals surface area contributed by atoms with Crippen molar-refractivity contribution in [2.75, 3.05) is 0 Å². The molecule has 0 spiro atoms. The molecular formula is C9H10NS3-. The van der Waals surface area contributed by atoms with Crippen molar-refractivity contribution in [2.24, 2.45) is 0 Å². The molecule has 0 heterocycles. The highest BCUT2D eigenvalue weighted by atomic mass is 32.1. The van der Waals surface area contributed by atoms with E-state index >= 15 is 0 Å². The fourth-order valence-corrected chi connectivity index (χ4v) is 1.29.